The fourth-order valence-corrected chi connectivity index (χ4v) is 5.09. The van der Waals surface area contributed by atoms with Gasteiger partial charge in [0.05, 0.1) is 23.2 Å². The van der Waals surface area contributed by atoms with Crippen molar-refractivity contribution in [3.8, 4) is 0 Å². The Morgan fingerprint density at radius 2 is 1.88 bits per heavy atom. The molecule has 0 spiro atoms. The largest absolute Gasteiger partial charge is 0.383 e. The molecular formula is C26H30N6O. The summed E-state index contributed by atoms with van der Waals surface area (Å²) in [7, 11) is 0. The molecule has 5 rings (SSSR count). The van der Waals surface area contributed by atoms with Gasteiger partial charge in [0.15, 0.2) is 11.4 Å². The van der Waals surface area contributed by atoms with E-state index in [2.05, 4.69) is 30.2 Å². The van der Waals surface area contributed by atoms with E-state index < -0.39 is 0 Å². The van der Waals surface area contributed by atoms with Crippen molar-refractivity contribution in [1.29, 1.82) is 0 Å². The zero-order valence-corrected chi connectivity index (χ0v) is 19.2. The molecule has 0 radical (unpaired) electrons. The van der Waals surface area contributed by atoms with Gasteiger partial charge in [-0.1, -0.05) is 36.4 Å². The van der Waals surface area contributed by atoms with E-state index in [0.29, 0.717) is 17.0 Å². The average molecular weight is 443 g/mol. The minimum atomic E-state index is -0.372. The first-order valence-corrected chi connectivity index (χ1v) is 11.6. The van der Waals surface area contributed by atoms with Crippen molar-refractivity contribution in [3.63, 3.8) is 0 Å². The summed E-state index contributed by atoms with van der Waals surface area (Å²) in [6.07, 6.45) is 10.4. The normalized spacial score (nSPS) is 25.2. The van der Waals surface area contributed by atoms with Gasteiger partial charge in [-0.15, -0.1) is 0 Å². The van der Waals surface area contributed by atoms with E-state index >= 15 is 0 Å². The molecule has 3 aromatic rings. The van der Waals surface area contributed by atoms with Gasteiger partial charge in [0.1, 0.15) is 5.82 Å². The van der Waals surface area contributed by atoms with Crippen molar-refractivity contribution in [2.45, 2.75) is 63.3 Å². The first-order valence-electron chi connectivity index (χ1n) is 11.6. The number of carbonyl (C=O) groups excluding carboxylic acids is 1. The molecule has 1 atom stereocenters. The summed E-state index contributed by atoms with van der Waals surface area (Å²) >= 11 is 0. The molecule has 1 saturated carbocycles. The van der Waals surface area contributed by atoms with Gasteiger partial charge in [-0.3, -0.25) is 9.79 Å². The number of rotatable bonds is 4. The van der Waals surface area contributed by atoms with Crippen LogP contribution in [-0.4, -0.2) is 32.6 Å². The Balaban J connectivity index is 1.57. The van der Waals surface area contributed by atoms with Crippen molar-refractivity contribution < 1.29 is 4.79 Å². The molecule has 1 fully saturated rings. The molecule has 7 heteroatoms. The number of allylic oxidation sites excluding steroid dienone is 1. The van der Waals surface area contributed by atoms with Crippen molar-refractivity contribution in [1.82, 2.24) is 14.6 Å². The number of nitrogens with two attached hydrogens (primary N) is 2. The minimum absolute atomic E-state index is 0.0790. The fourth-order valence-electron chi connectivity index (χ4n) is 5.09. The van der Waals surface area contributed by atoms with Gasteiger partial charge >= 0.3 is 0 Å². The van der Waals surface area contributed by atoms with E-state index in [4.69, 9.17) is 21.4 Å². The number of nitrogen functional groups attached to an aromatic ring is 1. The second-order valence-electron chi connectivity index (χ2n) is 9.55. The number of benzene rings is 1. The Hall–Kier alpha value is -3.32. The van der Waals surface area contributed by atoms with Crippen LogP contribution in [-0.2, 0) is 5.41 Å². The standard InChI is InChI=1S/C26H30N6O/c1-16(33)22-23(18-8-10-19(27)11-9-18)31-25-20(14-30-32(25)24(22)28)26(2)13-12-21(29-15-26)17-6-4-3-5-7-17/h3-7,12,14-15,18-19H,8-11,13,27-28H2,1-2H3. The Bertz CT molecular complexity index is 1270. The lowest BCUT2D eigenvalue weighted by molar-refractivity contribution is 0.101. The lowest BCUT2D eigenvalue weighted by Crippen LogP contribution is -2.28. The number of anilines is 1. The Labute approximate surface area is 193 Å². The first-order chi connectivity index (χ1) is 15.9. The number of aromatic nitrogens is 3. The minimum Gasteiger partial charge on any atom is -0.383 e. The molecule has 1 unspecified atom stereocenters. The second-order valence-corrected chi connectivity index (χ2v) is 9.55. The lowest BCUT2D eigenvalue weighted by Gasteiger charge is -2.28. The van der Waals surface area contributed by atoms with Crippen LogP contribution in [0.3, 0.4) is 0 Å². The molecule has 3 heterocycles. The number of Topliss-reactive ketones (excluding diaryl/α,β-unsaturated/α-hetero) is 1. The number of nitrogens with zero attached hydrogens (tertiary/aromatic N) is 4. The molecule has 1 aromatic carbocycles. The summed E-state index contributed by atoms with van der Waals surface area (Å²) in [6.45, 7) is 3.69. The van der Waals surface area contributed by atoms with E-state index in [9.17, 15) is 4.79 Å². The maximum Gasteiger partial charge on any atom is 0.165 e. The Morgan fingerprint density at radius 1 is 1.15 bits per heavy atom. The van der Waals surface area contributed by atoms with E-state index in [0.717, 1.165) is 54.6 Å². The number of hydrogen-bond donors (Lipinski definition) is 2. The van der Waals surface area contributed by atoms with Crippen LogP contribution in [0, 0.1) is 0 Å². The van der Waals surface area contributed by atoms with Gasteiger partial charge < -0.3 is 11.5 Å². The summed E-state index contributed by atoms with van der Waals surface area (Å²) in [5, 5.41) is 4.53. The maximum atomic E-state index is 12.6. The number of hydrogen-bond acceptors (Lipinski definition) is 6. The maximum absolute atomic E-state index is 12.6. The summed E-state index contributed by atoms with van der Waals surface area (Å²) in [6, 6.07) is 10.4. The molecule has 4 N–H and O–H groups in total. The predicted octanol–water partition coefficient (Wildman–Crippen LogP) is 4.27. The van der Waals surface area contributed by atoms with Gasteiger partial charge in [0, 0.05) is 29.2 Å². The second kappa shape index (κ2) is 8.23. The Morgan fingerprint density at radius 3 is 2.52 bits per heavy atom. The fraction of sp³-hybridized carbons (Fsp3) is 0.385. The highest BCUT2D eigenvalue weighted by Crippen LogP contribution is 2.39. The van der Waals surface area contributed by atoms with Crippen molar-refractivity contribution >= 4 is 29.2 Å². The van der Waals surface area contributed by atoms with Crippen molar-refractivity contribution in [2.24, 2.45) is 10.7 Å². The van der Waals surface area contributed by atoms with Gasteiger partial charge in [-0.05, 0) is 51.5 Å². The predicted molar refractivity (Wildman–Crippen MR) is 131 cm³/mol. The van der Waals surface area contributed by atoms with Crippen LogP contribution in [0.4, 0.5) is 5.82 Å². The highest BCUT2D eigenvalue weighted by atomic mass is 16.1. The van der Waals surface area contributed by atoms with Gasteiger partial charge in [-0.25, -0.2) is 4.98 Å². The molecule has 0 amide bonds. The molecule has 2 aliphatic rings. The van der Waals surface area contributed by atoms with Gasteiger partial charge in [0.2, 0.25) is 0 Å². The SMILES string of the molecule is CC(=O)c1c(C2CCC(N)CC2)nc2c(C3(C)C=NC(c4ccccc4)=CC3)cnn2c1N. The molecule has 1 aliphatic carbocycles. The van der Waals surface area contributed by atoms with Crippen LogP contribution in [0.2, 0.25) is 0 Å². The third-order valence-electron chi connectivity index (χ3n) is 7.11. The number of ketones is 1. The van der Waals surface area contributed by atoms with Crippen LogP contribution in [0.1, 0.15) is 79.0 Å². The molecule has 7 nitrogen and oxygen atoms in total. The molecule has 1 aliphatic heterocycles. The number of fused-ring (bicyclic) bond motifs is 1. The highest BCUT2D eigenvalue weighted by molar-refractivity contribution is 6.00. The molecular weight excluding hydrogens is 412 g/mol. The third kappa shape index (κ3) is 3.76. The quantitative estimate of drug-likeness (QED) is 0.586. The molecule has 0 bridgehead atoms. The highest BCUT2D eigenvalue weighted by Gasteiger charge is 2.33. The van der Waals surface area contributed by atoms with E-state index in [-0.39, 0.29) is 23.2 Å². The summed E-state index contributed by atoms with van der Waals surface area (Å²) in [5.41, 5.74) is 17.3. The van der Waals surface area contributed by atoms with Crippen molar-refractivity contribution in [3.05, 3.63) is 65.0 Å². The summed E-state index contributed by atoms with van der Waals surface area (Å²) in [4.78, 5) is 22.4. The zero-order chi connectivity index (χ0) is 23.2. The van der Waals surface area contributed by atoms with Crippen LogP contribution in [0.25, 0.3) is 11.3 Å². The average Bonchev–Trinajstić information content (AvgIpc) is 3.26. The van der Waals surface area contributed by atoms with Crippen LogP contribution in [0.15, 0.2) is 47.6 Å². The molecule has 0 saturated heterocycles. The monoisotopic (exact) mass is 442 g/mol. The first kappa shape index (κ1) is 21.5. The van der Waals surface area contributed by atoms with Crippen LogP contribution < -0.4 is 11.5 Å². The molecule has 170 valence electrons. The summed E-state index contributed by atoms with van der Waals surface area (Å²) < 4.78 is 1.61. The lowest BCUT2D eigenvalue weighted by atomic mass is 9.79. The number of aliphatic imine (C=N–C) groups is 1. The van der Waals surface area contributed by atoms with Gasteiger partial charge in [0.25, 0.3) is 0 Å². The smallest absolute Gasteiger partial charge is 0.165 e. The van der Waals surface area contributed by atoms with Crippen LogP contribution >= 0.6 is 0 Å². The topological polar surface area (TPSA) is 112 Å². The number of carbonyl (C=O) groups is 1. The molecule has 33 heavy (non-hydrogen) atoms. The summed E-state index contributed by atoms with van der Waals surface area (Å²) in [5.74, 6) is 0.460. The van der Waals surface area contributed by atoms with Crippen molar-refractivity contribution in [2.75, 3.05) is 5.73 Å². The zero-order valence-electron chi connectivity index (χ0n) is 19.2. The third-order valence-corrected chi connectivity index (χ3v) is 7.11. The van der Waals surface area contributed by atoms with E-state index in [1.807, 2.05) is 30.6 Å². The van der Waals surface area contributed by atoms with Crippen LogP contribution in [0.5, 0.6) is 0 Å². The van der Waals surface area contributed by atoms with E-state index in [1.165, 1.54) is 0 Å². The van der Waals surface area contributed by atoms with Gasteiger partial charge in [-0.2, -0.15) is 9.61 Å². The molecule has 2 aromatic heterocycles. The Kier molecular flexibility index (Phi) is 5.37. The van der Waals surface area contributed by atoms with E-state index in [1.54, 1.807) is 11.4 Å².